The summed E-state index contributed by atoms with van der Waals surface area (Å²) in [7, 11) is 0. The molecular formula is C22H27N3O3. The van der Waals surface area contributed by atoms with E-state index in [1.807, 2.05) is 0 Å². The van der Waals surface area contributed by atoms with Crippen molar-refractivity contribution in [3.05, 3.63) is 47.2 Å². The summed E-state index contributed by atoms with van der Waals surface area (Å²) in [5, 5.41) is 6.59. The zero-order valence-electron chi connectivity index (χ0n) is 16.5. The minimum atomic E-state index is -0.428. The molecule has 1 saturated carbocycles. The van der Waals surface area contributed by atoms with Gasteiger partial charge in [-0.3, -0.25) is 9.59 Å². The van der Waals surface area contributed by atoms with Crippen molar-refractivity contribution in [3.8, 4) is 0 Å². The highest BCUT2D eigenvalue weighted by atomic mass is 16.5. The van der Waals surface area contributed by atoms with Gasteiger partial charge in [-0.2, -0.15) is 0 Å². The Morgan fingerprint density at radius 2 is 1.96 bits per heavy atom. The number of likely N-dealkylation sites (tertiary alicyclic amines) is 1. The fourth-order valence-electron chi connectivity index (χ4n) is 4.15. The molecule has 4 rings (SSSR count). The van der Waals surface area contributed by atoms with Crippen molar-refractivity contribution in [2.24, 2.45) is 5.92 Å². The van der Waals surface area contributed by atoms with Crippen molar-refractivity contribution in [2.75, 3.05) is 11.9 Å². The minimum Gasteiger partial charge on any atom is -0.360 e. The molecule has 6 nitrogen and oxygen atoms in total. The van der Waals surface area contributed by atoms with Crippen LogP contribution in [0, 0.1) is 19.8 Å². The number of amides is 2. The van der Waals surface area contributed by atoms with Crippen LogP contribution in [0.1, 0.15) is 54.9 Å². The number of benzene rings is 1. The van der Waals surface area contributed by atoms with Crippen LogP contribution in [0.25, 0.3) is 0 Å². The molecule has 2 fully saturated rings. The molecule has 1 unspecified atom stereocenters. The summed E-state index contributed by atoms with van der Waals surface area (Å²) in [4.78, 5) is 27.6. The van der Waals surface area contributed by atoms with Crippen molar-refractivity contribution >= 4 is 17.6 Å². The van der Waals surface area contributed by atoms with Gasteiger partial charge in [0.05, 0.1) is 0 Å². The quantitative estimate of drug-likeness (QED) is 0.826. The average Bonchev–Trinajstić information content (AvgIpc) is 3.24. The summed E-state index contributed by atoms with van der Waals surface area (Å²) in [5.74, 6) is 1.76. The molecule has 2 aliphatic rings. The molecule has 148 valence electrons. The van der Waals surface area contributed by atoms with E-state index in [0.717, 1.165) is 6.42 Å². The highest BCUT2D eigenvalue weighted by Gasteiger charge is 2.38. The zero-order valence-corrected chi connectivity index (χ0v) is 16.5. The van der Waals surface area contributed by atoms with E-state index in [4.69, 9.17) is 4.52 Å². The first-order valence-electron chi connectivity index (χ1n) is 10.1. The molecule has 1 aliphatic carbocycles. The molecule has 1 aliphatic heterocycles. The second-order valence-corrected chi connectivity index (χ2v) is 8.12. The highest BCUT2D eigenvalue weighted by Crippen LogP contribution is 2.45. The SMILES string of the molecule is Cc1ccc(C(CC(=O)N2CCC[C@@H]2C(=O)Nc2cc(C)on2)C2CC2)cc1. The number of anilines is 1. The van der Waals surface area contributed by atoms with E-state index in [1.54, 1.807) is 17.9 Å². The van der Waals surface area contributed by atoms with E-state index in [1.165, 1.54) is 24.0 Å². The van der Waals surface area contributed by atoms with E-state index in [0.29, 0.717) is 36.9 Å². The number of rotatable bonds is 6. The Hall–Kier alpha value is -2.63. The first-order chi connectivity index (χ1) is 13.5. The third-order valence-corrected chi connectivity index (χ3v) is 5.85. The number of aromatic nitrogens is 1. The van der Waals surface area contributed by atoms with Gasteiger partial charge in [-0.15, -0.1) is 0 Å². The van der Waals surface area contributed by atoms with Gasteiger partial charge in [0.1, 0.15) is 11.8 Å². The maximum absolute atomic E-state index is 13.1. The Morgan fingerprint density at radius 3 is 2.61 bits per heavy atom. The standard InChI is InChI=1S/C22H27N3O3/c1-14-5-7-16(8-6-14)18(17-9-10-17)13-21(26)25-11-3-4-19(25)22(27)23-20-12-15(2)28-24-20/h5-8,12,17-19H,3-4,9-11,13H2,1-2H3,(H,23,24,27)/t18?,19-/m1/s1. The summed E-state index contributed by atoms with van der Waals surface area (Å²) in [5.41, 5.74) is 2.46. The van der Waals surface area contributed by atoms with E-state index >= 15 is 0 Å². The summed E-state index contributed by atoms with van der Waals surface area (Å²) in [6.07, 6.45) is 4.37. The van der Waals surface area contributed by atoms with Gasteiger partial charge >= 0.3 is 0 Å². The van der Waals surface area contributed by atoms with Crippen molar-refractivity contribution < 1.29 is 14.1 Å². The number of nitrogens with zero attached hydrogens (tertiary/aromatic N) is 2. The molecule has 1 aromatic heterocycles. The topological polar surface area (TPSA) is 75.4 Å². The molecule has 1 aromatic carbocycles. The third-order valence-electron chi connectivity index (χ3n) is 5.85. The molecule has 2 amide bonds. The van der Waals surface area contributed by atoms with Crippen LogP contribution in [0.5, 0.6) is 0 Å². The number of carbonyl (C=O) groups is 2. The highest BCUT2D eigenvalue weighted by molar-refractivity contribution is 5.97. The van der Waals surface area contributed by atoms with Gasteiger partial charge in [0, 0.05) is 19.0 Å². The van der Waals surface area contributed by atoms with Gasteiger partial charge in [0.2, 0.25) is 11.8 Å². The third kappa shape index (κ3) is 4.11. The van der Waals surface area contributed by atoms with Gasteiger partial charge in [-0.05, 0) is 56.9 Å². The van der Waals surface area contributed by atoms with Crippen LogP contribution >= 0.6 is 0 Å². The minimum absolute atomic E-state index is 0.0754. The van der Waals surface area contributed by atoms with E-state index < -0.39 is 6.04 Å². The van der Waals surface area contributed by atoms with Crippen LogP contribution in [-0.4, -0.2) is 34.5 Å². The number of nitrogens with one attached hydrogen (secondary N) is 1. The van der Waals surface area contributed by atoms with Crippen LogP contribution in [0.3, 0.4) is 0 Å². The molecule has 0 spiro atoms. The van der Waals surface area contributed by atoms with Crippen LogP contribution in [0.4, 0.5) is 5.82 Å². The van der Waals surface area contributed by atoms with Gasteiger partial charge in [-0.25, -0.2) is 0 Å². The Kier molecular flexibility index (Phi) is 5.20. The predicted molar refractivity (Wildman–Crippen MR) is 106 cm³/mol. The second-order valence-electron chi connectivity index (χ2n) is 8.12. The van der Waals surface area contributed by atoms with Crippen molar-refractivity contribution in [2.45, 2.75) is 57.9 Å². The zero-order chi connectivity index (χ0) is 19.7. The maximum atomic E-state index is 13.1. The molecular weight excluding hydrogens is 354 g/mol. The normalized spacial score (nSPS) is 20.2. The Bertz CT molecular complexity index is 854. The fraction of sp³-hybridized carbons (Fsp3) is 0.500. The maximum Gasteiger partial charge on any atom is 0.248 e. The lowest BCUT2D eigenvalue weighted by Gasteiger charge is -2.26. The lowest BCUT2D eigenvalue weighted by molar-refractivity contribution is -0.137. The smallest absolute Gasteiger partial charge is 0.248 e. The number of hydrogen-bond donors (Lipinski definition) is 1. The van der Waals surface area contributed by atoms with Crippen molar-refractivity contribution in [1.29, 1.82) is 0 Å². The predicted octanol–water partition coefficient (Wildman–Crippen LogP) is 3.80. The van der Waals surface area contributed by atoms with Crippen molar-refractivity contribution in [1.82, 2.24) is 10.1 Å². The number of aryl methyl sites for hydroxylation is 2. The Balaban J connectivity index is 1.43. The van der Waals surface area contributed by atoms with Crippen molar-refractivity contribution in [3.63, 3.8) is 0 Å². The fourth-order valence-corrected chi connectivity index (χ4v) is 4.15. The Labute approximate surface area is 165 Å². The molecule has 2 aromatic rings. The summed E-state index contributed by atoms with van der Waals surface area (Å²) in [6.45, 7) is 4.49. The number of carbonyl (C=O) groups excluding carboxylic acids is 2. The van der Waals surface area contributed by atoms with Gasteiger partial charge < -0.3 is 14.7 Å². The van der Waals surface area contributed by atoms with Gasteiger partial charge in [-0.1, -0.05) is 35.0 Å². The molecule has 6 heteroatoms. The van der Waals surface area contributed by atoms with E-state index in [9.17, 15) is 9.59 Å². The summed E-state index contributed by atoms with van der Waals surface area (Å²) < 4.78 is 5.00. The van der Waals surface area contributed by atoms with Crippen LogP contribution in [-0.2, 0) is 9.59 Å². The molecule has 0 bridgehead atoms. The first-order valence-corrected chi connectivity index (χ1v) is 10.1. The second kappa shape index (κ2) is 7.78. The van der Waals surface area contributed by atoms with Crippen LogP contribution in [0.2, 0.25) is 0 Å². The lowest BCUT2D eigenvalue weighted by atomic mass is 9.90. The summed E-state index contributed by atoms with van der Waals surface area (Å²) in [6, 6.07) is 9.77. The molecule has 2 heterocycles. The molecule has 28 heavy (non-hydrogen) atoms. The summed E-state index contributed by atoms with van der Waals surface area (Å²) >= 11 is 0. The van der Waals surface area contributed by atoms with Crippen LogP contribution < -0.4 is 5.32 Å². The van der Waals surface area contributed by atoms with Gasteiger partial charge in [0.15, 0.2) is 5.82 Å². The largest absolute Gasteiger partial charge is 0.360 e. The molecule has 0 radical (unpaired) electrons. The molecule has 1 saturated heterocycles. The first kappa shape index (κ1) is 18.7. The Morgan fingerprint density at radius 1 is 1.21 bits per heavy atom. The van der Waals surface area contributed by atoms with Gasteiger partial charge in [0.25, 0.3) is 0 Å². The lowest BCUT2D eigenvalue weighted by Crippen LogP contribution is -2.43. The monoisotopic (exact) mass is 381 g/mol. The van der Waals surface area contributed by atoms with Crippen LogP contribution in [0.15, 0.2) is 34.9 Å². The van der Waals surface area contributed by atoms with E-state index in [2.05, 4.69) is 41.7 Å². The number of hydrogen-bond acceptors (Lipinski definition) is 4. The average molecular weight is 381 g/mol. The molecule has 2 atom stereocenters. The molecule has 1 N–H and O–H groups in total. The van der Waals surface area contributed by atoms with E-state index in [-0.39, 0.29) is 17.7 Å².